The average molecular weight is 456 g/mol. The van der Waals surface area contributed by atoms with Crippen molar-refractivity contribution in [2.45, 2.75) is 30.7 Å². The van der Waals surface area contributed by atoms with E-state index in [1.807, 2.05) is 0 Å². The Morgan fingerprint density at radius 3 is 2.63 bits per heavy atom. The van der Waals surface area contributed by atoms with Gasteiger partial charge in [-0.2, -0.15) is 0 Å². The lowest BCUT2D eigenvalue weighted by atomic mass is 9.91. The molecule has 0 aromatic rings. The molecule has 3 amide bonds. The summed E-state index contributed by atoms with van der Waals surface area (Å²) in [5.74, 6) is -1.47. The lowest BCUT2D eigenvalue weighted by molar-refractivity contribution is -0.150. The summed E-state index contributed by atoms with van der Waals surface area (Å²) in [6, 6.07) is -0.720. The molecule has 0 aromatic carbocycles. The second-order valence-corrected chi connectivity index (χ2v) is 8.56. The fraction of sp³-hybridized carbons (Fsp3) is 0.529. The van der Waals surface area contributed by atoms with Crippen LogP contribution in [0.1, 0.15) is 19.3 Å². The molecule has 27 heavy (non-hydrogen) atoms. The average Bonchev–Trinajstić information content (AvgIpc) is 3.40. The number of fused-ring (bicyclic) bond motifs is 1. The van der Waals surface area contributed by atoms with Gasteiger partial charge in [-0.25, -0.2) is 4.79 Å². The van der Waals surface area contributed by atoms with Gasteiger partial charge in [0, 0.05) is 17.9 Å². The summed E-state index contributed by atoms with van der Waals surface area (Å²) in [4.78, 5) is 49.7. The summed E-state index contributed by atoms with van der Waals surface area (Å²) in [6.45, 7) is 0.555. The maximum atomic E-state index is 12.6. The number of aliphatic carboxylic acids is 1. The standard InChI is InChI=1S/C17H18BrN3O5S/c18-5-10(22)20-12-15(24)21-13(17(25)26)9(6-27-16(12)21)11(7-1-2-7)8-3-4-19-14(8)23/h7,12,16H,1-6H2,(H,19,23)(H,20,22)(H,25,26)/t12-,16-/m1/s1. The molecular formula is C17H18BrN3O5S. The Morgan fingerprint density at radius 2 is 2.07 bits per heavy atom. The van der Waals surface area contributed by atoms with Crippen molar-refractivity contribution < 1.29 is 24.3 Å². The molecule has 4 rings (SSSR count). The minimum absolute atomic E-state index is 0.0396. The number of nitrogens with one attached hydrogen (secondary N) is 2. The van der Waals surface area contributed by atoms with E-state index < -0.39 is 23.3 Å². The second-order valence-electron chi connectivity index (χ2n) is 6.89. The molecule has 3 heterocycles. The number of hydrogen-bond acceptors (Lipinski definition) is 5. The highest BCUT2D eigenvalue weighted by atomic mass is 79.9. The number of allylic oxidation sites excluding steroid dienone is 1. The highest BCUT2D eigenvalue weighted by Crippen LogP contribution is 2.49. The number of nitrogens with zero attached hydrogens (tertiary/aromatic N) is 1. The first-order valence-corrected chi connectivity index (χ1v) is 10.9. The minimum Gasteiger partial charge on any atom is -0.477 e. The molecule has 0 radical (unpaired) electrons. The SMILES string of the molecule is O=C(CBr)N[C@@H]1C(=O)N2C(C(=O)O)=C(C(=C3CCNC3=O)C3CC3)CS[C@H]12. The molecule has 0 unspecified atom stereocenters. The fourth-order valence-electron chi connectivity index (χ4n) is 3.86. The number of β-lactam (4-membered cyclic amide) rings is 1. The van der Waals surface area contributed by atoms with Gasteiger partial charge in [-0.1, -0.05) is 15.9 Å². The minimum atomic E-state index is -1.17. The molecule has 4 aliphatic rings. The third kappa shape index (κ3) is 3.08. The van der Waals surface area contributed by atoms with Crippen LogP contribution in [0.2, 0.25) is 0 Å². The molecule has 0 spiro atoms. The van der Waals surface area contributed by atoms with E-state index in [0.717, 1.165) is 18.4 Å². The second kappa shape index (κ2) is 6.97. The molecule has 3 N–H and O–H groups in total. The van der Waals surface area contributed by atoms with Crippen molar-refractivity contribution >= 4 is 51.4 Å². The number of halogens is 1. The van der Waals surface area contributed by atoms with E-state index >= 15 is 0 Å². The smallest absolute Gasteiger partial charge is 0.352 e. The van der Waals surface area contributed by atoms with Crippen molar-refractivity contribution in [2.24, 2.45) is 5.92 Å². The highest BCUT2D eigenvalue weighted by molar-refractivity contribution is 9.09. The molecule has 0 aromatic heterocycles. The molecule has 2 atom stereocenters. The molecule has 144 valence electrons. The van der Waals surface area contributed by atoms with Crippen molar-refractivity contribution in [1.82, 2.24) is 15.5 Å². The van der Waals surface area contributed by atoms with E-state index in [1.54, 1.807) is 0 Å². The summed E-state index contributed by atoms with van der Waals surface area (Å²) in [5, 5.41) is 14.9. The molecule has 1 saturated carbocycles. The van der Waals surface area contributed by atoms with Gasteiger partial charge in [-0.3, -0.25) is 19.3 Å². The number of carboxylic acids is 1. The van der Waals surface area contributed by atoms with Crippen LogP contribution >= 0.6 is 27.7 Å². The van der Waals surface area contributed by atoms with Gasteiger partial charge in [-0.05, 0) is 36.3 Å². The van der Waals surface area contributed by atoms with Crippen LogP contribution in [0.4, 0.5) is 0 Å². The first kappa shape index (κ1) is 18.5. The van der Waals surface area contributed by atoms with Gasteiger partial charge in [0.2, 0.25) is 11.8 Å². The van der Waals surface area contributed by atoms with Gasteiger partial charge in [0.1, 0.15) is 17.1 Å². The zero-order chi connectivity index (χ0) is 19.3. The van der Waals surface area contributed by atoms with Gasteiger partial charge >= 0.3 is 5.97 Å². The molecule has 8 nitrogen and oxygen atoms in total. The van der Waals surface area contributed by atoms with Crippen molar-refractivity contribution in [1.29, 1.82) is 0 Å². The van der Waals surface area contributed by atoms with Crippen LogP contribution in [0.25, 0.3) is 0 Å². The van der Waals surface area contributed by atoms with E-state index in [2.05, 4.69) is 26.6 Å². The molecule has 10 heteroatoms. The van der Waals surface area contributed by atoms with Crippen LogP contribution in [0.15, 0.2) is 22.4 Å². The number of hydrogen-bond donors (Lipinski definition) is 3. The Bertz CT molecular complexity index is 819. The highest BCUT2D eigenvalue weighted by Gasteiger charge is 2.55. The molecule has 2 saturated heterocycles. The quantitative estimate of drug-likeness (QED) is 0.312. The summed E-state index contributed by atoms with van der Waals surface area (Å²) < 4.78 is 0. The van der Waals surface area contributed by atoms with Crippen LogP contribution in [0.5, 0.6) is 0 Å². The first-order chi connectivity index (χ1) is 12.9. The Hall–Kier alpha value is -1.81. The fourth-order valence-corrected chi connectivity index (χ4v) is 5.39. The maximum Gasteiger partial charge on any atom is 0.352 e. The van der Waals surface area contributed by atoms with Gasteiger partial charge < -0.3 is 15.7 Å². The molecular weight excluding hydrogens is 438 g/mol. The van der Waals surface area contributed by atoms with Crippen LogP contribution in [0.3, 0.4) is 0 Å². The predicted molar refractivity (Wildman–Crippen MR) is 101 cm³/mol. The third-order valence-electron chi connectivity index (χ3n) is 5.18. The molecule has 0 bridgehead atoms. The third-order valence-corrected chi connectivity index (χ3v) is 6.97. The van der Waals surface area contributed by atoms with Crippen LogP contribution < -0.4 is 10.6 Å². The zero-order valence-corrected chi connectivity index (χ0v) is 16.7. The summed E-state index contributed by atoms with van der Waals surface area (Å²) >= 11 is 4.47. The van der Waals surface area contributed by atoms with Crippen LogP contribution in [-0.2, 0) is 19.2 Å². The van der Waals surface area contributed by atoms with Crippen LogP contribution in [-0.4, -0.2) is 62.7 Å². The lowest BCUT2D eigenvalue weighted by Gasteiger charge is -2.49. The molecule has 3 aliphatic heterocycles. The number of alkyl halides is 1. The van der Waals surface area contributed by atoms with Crippen molar-refractivity contribution in [3.8, 4) is 0 Å². The summed E-state index contributed by atoms with van der Waals surface area (Å²) in [7, 11) is 0. The Morgan fingerprint density at radius 1 is 1.33 bits per heavy atom. The largest absolute Gasteiger partial charge is 0.477 e. The van der Waals surface area contributed by atoms with E-state index in [1.165, 1.54) is 16.7 Å². The zero-order valence-electron chi connectivity index (χ0n) is 14.3. The monoisotopic (exact) mass is 455 g/mol. The van der Waals surface area contributed by atoms with E-state index in [9.17, 15) is 24.3 Å². The first-order valence-electron chi connectivity index (χ1n) is 8.72. The van der Waals surface area contributed by atoms with Gasteiger partial charge in [0.25, 0.3) is 5.91 Å². The summed E-state index contributed by atoms with van der Waals surface area (Å²) in [6.07, 6.45) is 2.43. The lowest BCUT2D eigenvalue weighted by Crippen LogP contribution is -2.70. The number of thioether (sulfide) groups is 1. The van der Waals surface area contributed by atoms with E-state index in [-0.39, 0.29) is 28.8 Å². The van der Waals surface area contributed by atoms with Gasteiger partial charge in [-0.15, -0.1) is 11.8 Å². The normalized spacial score (nSPS) is 29.1. The van der Waals surface area contributed by atoms with E-state index in [0.29, 0.717) is 29.9 Å². The summed E-state index contributed by atoms with van der Waals surface area (Å²) in [5.41, 5.74) is 2.01. The topological polar surface area (TPSA) is 116 Å². The number of carbonyl (C=O) groups excluding carboxylic acids is 3. The van der Waals surface area contributed by atoms with Crippen molar-refractivity contribution in [2.75, 3.05) is 17.6 Å². The van der Waals surface area contributed by atoms with Crippen LogP contribution in [0, 0.1) is 5.92 Å². The van der Waals surface area contributed by atoms with E-state index in [4.69, 9.17) is 0 Å². The maximum absolute atomic E-state index is 12.6. The number of carboxylic acid groups (broad SMARTS) is 1. The molecule has 1 aliphatic carbocycles. The number of amides is 3. The van der Waals surface area contributed by atoms with Crippen molar-refractivity contribution in [3.63, 3.8) is 0 Å². The Kier molecular flexibility index (Phi) is 4.79. The predicted octanol–water partition coefficient (Wildman–Crippen LogP) is 0.346. The van der Waals surface area contributed by atoms with Gasteiger partial charge in [0.05, 0.1) is 5.33 Å². The molecule has 3 fully saturated rings. The van der Waals surface area contributed by atoms with Gasteiger partial charge in [0.15, 0.2) is 0 Å². The number of rotatable bonds is 5. The Balaban J connectivity index is 1.73. The number of carbonyl (C=O) groups is 4. The Labute approximate surface area is 167 Å². The van der Waals surface area contributed by atoms with Crippen molar-refractivity contribution in [3.05, 3.63) is 22.4 Å².